The first-order valence-corrected chi connectivity index (χ1v) is 13.4. The molecule has 0 saturated heterocycles. The van der Waals surface area contributed by atoms with Gasteiger partial charge in [0, 0.05) is 6.61 Å². The minimum absolute atomic E-state index is 0.446. The summed E-state index contributed by atoms with van der Waals surface area (Å²) in [6.45, 7) is 11.5. The van der Waals surface area contributed by atoms with E-state index in [1.807, 2.05) is 18.2 Å². The fourth-order valence-electron chi connectivity index (χ4n) is 2.92. The number of benzene rings is 1. The van der Waals surface area contributed by atoms with Crippen LogP contribution in [0.2, 0.25) is 0 Å². The Morgan fingerprint density at radius 2 is 0.811 bits per heavy atom. The molecular weight excluding hydrogens is 482 g/mol. The summed E-state index contributed by atoms with van der Waals surface area (Å²) in [5.74, 6) is 0.674. The molecule has 0 spiro atoms. The van der Waals surface area contributed by atoms with Crippen LogP contribution in [-0.4, -0.2) is 112 Å². The van der Waals surface area contributed by atoms with Gasteiger partial charge in [-0.15, -0.1) is 0 Å². The molecule has 0 bridgehead atoms. The van der Waals surface area contributed by atoms with E-state index in [2.05, 4.69) is 6.92 Å². The average Bonchev–Trinajstić information content (AvgIpc) is 2.91. The summed E-state index contributed by atoms with van der Waals surface area (Å²) in [5.41, 5.74) is 6.43. The number of hydrogen-bond acceptors (Lipinski definition) is 10. The van der Waals surface area contributed by atoms with Crippen LogP contribution in [0.25, 0.3) is 0 Å². The number of anilines is 1. The zero-order valence-corrected chi connectivity index (χ0v) is 22.7. The van der Waals surface area contributed by atoms with Gasteiger partial charge in [0.05, 0.1) is 105 Å². The largest absolute Gasteiger partial charge is 0.489 e. The molecule has 0 aliphatic carbocycles. The van der Waals surface area contributed by atoms with E-state index in [1.54, 1.807) is 6.07 Å². The maximum absolute atomic E-state index is 5.81. The smallest absolute Gasteiger partial charge is 0.142 e. The van der Waals surface area contributed by atoms with Crippen molar-refractivity contribution in [2.75, 3.05) is 118 Å². The van der Waals surface area contributed by atoms with Gasteiger partial charge in [0.2, 0.25) is 0 Å². The molecule has 0 saturated carbocycles. The molecule has 0 heterocycles. The van der Waals surface area contributed by atoms with Gasteiger partial charge >= 0.3 is 0 Å². The van der Waals surface area contributed by atoms with E-state index in [0.29, 0.717) is 117 Å². The number of nitrogen functional groups attached to an aromatic ring is 1. The molecule has 37 heavy (non-hydrogen) atoms. The molecule has 0 unspecified atom stereocenters. The second-order valence-electron chi connectivity index (χ2n) is 7.99. The molecule has 1 rings (SSSR count). The zero-order chi connectivity index (χ0) is 26.5. The Kier molecular flexibility index (Phi) is 24.9. The SMILES string of the molecule is CCCCCOCCOCCOCCOCCOCCOCCOCCOCCOc1ccccc1N. The minimum Gasteiger partial charge on any atom is -0.489 e. The van der Waals surface area contributed by atoms with Crippen LogP contribution < -0.4 is 10.5 Å². The van der Waals surface area contributed by atoms with E-state index in [0.717, 1.165) is 13.0 Å². The van der Waals surface area contributed by atoms with E-state index in [1.165, 1.54) is 12.8 Å². The molecule has 0 fully saturated rings. The highest BCUT2D eigenvalue weighted by atomic mass is 16.6. The third-order valence-corrected chi connectivity index (χ3v) is 4.90. The van der Waals surface area contributed by atoms with Gasteiger partial charge < -0.3 is 48.4 Å². The normalized spacial score (nSPS) is 11.3. The van der Waals surface area contributed by atoms with Crippen LogP contribution in [0.5, 0.6) is 5.75 Å². The van der Waals surface area contributed by atoms with E-state index >= 15 is 0 Å². The highest BCUT2D eigenvalue weighted by Gasteiger charge is 1.98. The number of hydrogen-bond donors (Lipinski definition) is 1. The highest BCUT2D eigenvalue weighted by Crippen LogP contribution is 2.19. The lowest BCUT2D eigenvalue weighted by atomic mass is 10.3. The fraction of sp³-hybridized carbons (Fsp3) is 0.778. The Morgan fingerprint density at radius 3 is 1.19 bits per heavy atom. The number of para-hydroxylation sites is 2. The summed E-state index contributed by atoms with van der Waals surface area (Å²) < 4.78 is 49.3. The lowest BCUT2D eigenvalue weighted by Gasteiger charge is -2.09. The average molecular weight is 532 g/mol. The van der Waals surface area contributed by atoms with E-state index < -0.39 is 0 Å². The summed E-state index contributed by atoms with van der Waals surface area (Å²) >= 11 is 0. The van der Waals surface area contributed by atoms with Crippen molar-refractivity contribution < 1.29 is 42.6 Å². The molecule has 0 aliphatic heterocycles. The molecule has 216 valence electrons. The first-order valence-electron chi connectivity index (χ1n) is 13.4. The quantitative estimate of drug-likeness (QED) is 0.122. The van der Waals surface area contributed by atoms with Gasteiger partial charge in [-0.05, 0) is 18.6 Å². The van der Waals surface area contributed by atoms with Crippen LogP contribution in [0.4, 0.5) is 5.69 Å². The molecule has 0 aliphatic rings. The van der Waals surface area contributed by atoms with Gasteiger partial charge in [0.1, 0.15) is 12.4 Å². The molecule has 1 aromatic rings. The van der Waals surface area contributed by atoms with Crippen LogP contribution >= 0.6 is 0 Å². The van der Waals surface area contributed by atoms with E-state index in [4.69, 9.17) is 48.4 Å². The van der Waals surface area contributed by atoms with Gasteiger partial charge in [0.25, 0.3) is 0 Å². The summed E-state index contributed by atoms with van der Waals surface area (Å²) in [6.07, 6.45) is 3.55. The second-order valence-corrected chi connectivity index (χ2v) is 7.99. The van der Waals surface area contributed by atoms with E-state index in [9.17, 15) is 0 Å². The summed E-state index contributed by atoms with van der Waals surface area (Å²) in [5, 5.41) is 0. The summed E-state index contributed by atoms with van der Waals surface area (Å²) in [6, 6.07) is 7.39. The Balaban J connectivity index is 1.65. The minimum atomic E-state index is 0.446. The van der Waals surface area contributed by atoms with Crippen LogP contribution in [0, 0.1) is 0 Å². The van der Waals surface area contributed by atoms with Crippen LogP contribution in [-0.2, 0) is 37.9 Å². The van der Waals surface area contributed by atoms with Crippen molar-refractivity contribution >= 4 is 5.69 Å². The van der Waals surface area contributed by atoms with Crippen molar-refractivity contribution in [1.29, 1.82) is 0 Å². The molecule has 2 N–H and O–H groups in total. The predicted octanol–water partition coefficient (Wildman–Crippen LogP) is 2.97. The molecule has 0 aromatic heterocycles. The molecule has 0 radical (unpaired) electrons. The third kappa shape index (κ3) is 23.4. The van der Waals surface area contributed by atoms with Crippen LogP contribution in [0.3, 0.4) is 0 Å². The molecule has 0 atom stereocenters. The fourth-order valence-corrected chi connectivity index (χ4v) is 2.92. The molecule has 0 amide bonds. The molecular formula is C27H49NO9. The van der Waals surface area contributed by atoms with Crippen molar-refractivity contribution in [2.45, 2.75) is 26.2 Å². The Bertz CT molecular complexity index is 595. The predicted molar refractivity (Wildman–Crippen MR) is 142 cm³/mol. The maximum Gasteiger partial charge on any atom is 0.142 e. The van der Waals surface area contributed by atoms with Crippen molar-refractivity contribution in [2.24, 2.45) is 0 Å². The second kappa shape index (κ2) is 27.5. The standard InChI is InChI=1S/C27H49NO9/c1-2-3-6-9-29-10-11-30-12-13-31-14-15-32-16-17-33-18-19-34-20-21-35-22-23-36-24-25-37-27-8-5-4-7-26(27)28/h4-5,7-8H,2-3,6,9-25,28H2,1H3. The van der Waals surface area contributed by atoms with Crippen molar-refractivity contribution in [3.05, 3.63) is 24.3 Å². The highest BCUT2D eigenvalue weighted by molar-refractivity contribution is 5.51. The zero-order valence-electron chi connectivity index (χ0n) is 22.7. The number of ether oxygens (including phenoxy) is 9. The Hall–Kier alpha value is -1.50. The van der Waals surface area contributed by atoms with Crippen molar-refractivity contribution in [3.8, 4) is 5.75 Å². The first-order chi connectivity index (χ1) is 18.3. The lowest BCUT2D eigenvalue weighted by molar-refractivity contribution is -0.0236. The molecule has 1 aromatic carbocycles. The Labute approximate surface area is 222 Å². The van der Waals surface area contributed by atoms with Crippen molar-refractivity contribution in [3.63, 3.8) is 0 Å². The van der Waals surface area contributed by atoms with Crippen LogP contribution in [0.1, 0.15) is 26.2 Å². The molecule has 10 nitrogen and oxygen atoms in total. The molecule has 10 heteroatoms. The summed E-state index contributed by atoms with van der Waals surface area (Å²) in [4.78, 5) is 0. The lowest BCUT2D eigenvalue weighted by Crippen LogP contribution is -2.15. The van der Waals surface area contributed by atoms with Gasteiger partial charge in [-0.1, -0.05) is 31.9 Å². The van der Waals surface area contributed by atoms with Gasteiger partial charge in [0.15, 0.2) is 0 Å². The van der Waals surface area contributed by atoms with Gasteiger partial charge in [-0.25, -0.2) is 0 Å². The maximum atomic E-state index is 5.81. The third-order valence-electron chi connectivity index (χ3n) is 4.90. The van der Waals surface area contributed by atoms with Crippen molar-refractivity contribution in [1.82, 2.24) is 0 Å². The number of nitrogens with two attached hydrogens (primary N) is 1. The Morgan fingerprint density at radius 1 is 0.459 bits per heavy atom. The van der Waals surface area contributed by atoms with Crippen LogP contribution in [0.15, 0.2) is 24.3 Å². The van der Waals surface area contributed by atoms with E-state index in [-0.39, 0.29) is 0 Å². The monoisotopic (exact) mass is 531 g/mol. The number of unbranched alkanes of at least 4 members (excludes halogenated alkanes) is 2. The topological polar surface area (TPSA) is 109 Å². The van der Waals surface area contributed by atoms with Gasteiger partial charge in [-0.2, -0.15) is 0 Å². The van der Waals surface area contributed by atoms with Gasteiger partial charge in [-0.3, -0.25) is 0 Å². The first kappa shape index (κ1) is 33.5. The number of rotatable bonds is 29. The summed E-state index contributed by atoms with van der Waals surface area (Å²) in [7, 11) is 0.